The van der Waals surface area contributed by atoms with Crippen molar-refractivity contribution in [2.24, 2.45) is 0 Å². The molecule has 1 saturated carbocycles. The van der Waals surface area contributed by atoms with Gasteiger partial charge in [0.25, 0.3) is 0 Å². The van der Waals surface area contributed by atoms with E-state index in [1.54, 1.807) is 6.20 Å². The van der Waals surface area contributed by atoms with Crippen molar-refractivity contribution in [2.45, 2.75) is 51.1 Å². The minimum atomic E-state index is 0.0180. The first kappa shape index (κ1) is 20.6. The standard InChI is InChI=1S/C24H27N9O/c1-15-12-23(31-30-15)27-22-14-21(26-16-6-4-7-16)28-24(29-22)33-11-5-9-19(33)20-13-18(32-34-20)17-8-2-3-10-25-17/h2-3,8,10,12-14,16,19H,4-7,9,11H2,1H3,(H3,26,27,28,29,30,31)/t19-/m0/s1. The van der Waals surface area contributed by atoms with E-state index >= 15 is 0 Å². The number of nitrogens with zero attached hydrogens (tertiary/aromatic N) is 6. The third-order valence-electron chi connectivity index (χ3n) is 6.43. The molecule has 10 heteroatoms. The first-order chi connectivity index (χ1) is 16.7. The molecule has 1 atom stereocenters. The Morgan fingerprint density at radius 1 is 1.00 bits per heavy atom. The lowest BCUT2D eigenvalue weighted by Gasteiger charge is -2.28. The molecule has 2 aliphatic rings. The molecular formula is C24H27N9O. The van der Waals surface area contributed by atoms with Gasteiger partial charge in [0.2, 0.25) is 5.95 Å². The van der Waals surface area contributed by atoms with Crippen LogP contribution in [0.1, 0.15) is 49.6 Å². The highest BCUT2D eigenvalue weighted by Crippen LogP contribution is 2.37. The Balaban J connectivity index is 1.30. The first-order valence-electron chi connectivity index (χ1n) is 11.8. The molecule has 1 saturated heterocycles. The average molecular weight is 458 g/mol. The fourth-order valence-corrected chi connectivity index (χ4v) is 4.46. The summed E-state index contributed by atoms with van der Waals surface area (Å²) in [4.78, 5) is 16.3. The topological polar surface area (TPSA) is 121 Å². The number of H-pyrrole nitrogens is 1. The second-order valence-electron chi connectivity index (χ2n) is 8.95. The summed E-state index contributed by atoms with van der Waals surface area (Å²) in [6.07, 6.45) is 7.32. The molecule has 4 aromatic rings. The van der Waals surface area contributed by atoms with Crippen molar-refractivity contribution in [3.8, 4) is 11.4 Å². The zero-order chi connectivity index (χ0) is 22.9. The number of aromatic nitrogens is 6. The summed E-state index contributed by atoms with van der Waals surface area (Å²) >= 11 is 0. The monoisotopic (exact) mass is 457 g/mol. The summed E-state index contributed by atoms with van der Waals surface area (Å²) in [6.45, 7) is 2.82. The molecule has 0 bridgehead atoms. The van der Waals surface area contributed by atoms with Gasteiger partial charge in [0.1, 0.15) is 17.3 Å². The van der Waals surface area contributed by atoms with Crippen molar-refractivity contribution in [1.82, 2.24) is 30.3 Å². The van der Waals surface area contributed by atoms with Crippen LogP contribution < -0.4 is 15.5 Å². The molecule has 3 N–H and O–H groups in total. The van der Waals surface area contributed by atoms with Crippen molar-refractivity contribution in [2.75, 3.05) is 22.1 Å². The number of aryl methyl sites for hydroxylation is 1. The average Bonchev–Trinajstić information content (AvgIpc) is 3.57. The zero-order valence-corrected chi connectivity index (χ0v) is 19.0. The van der Waals surface area contributed by atoms with Crippen LogP contribution in [-0.4, -0.2) is 42.9 Å². The Hall–Kier alpha value is -3.95. The van der Waals surface area contributed by atoms with Crippen molar-refractivity contribution in [1.29, 1.82) is 0 Å². The molecule has 1 aliphatic heterocycles. The van der Waals surface area contributed by atoms with Crippen LogP contribution in [0.2, 0.25) is 0 Å². The van der Waals surface area contributed by atoms with E-state index in [0.717, 1.165) is 53.9 Å². The molecular weight excluding hydrogens is 430 g/mol. The van der Waals surface area contributed by atoms with Crippen LogP contribution in [0.4, 0.5) is 23.4 Å². The van der Waals surface area contributed by atoms with Gasteiger partial charge in [-0.05, 0) is 51.2 Å². The zero-order valence-electron chi connectivity index (χ0n) is 19.0. The molecule has 0 radical (unpaired) electrons. The molecule has 6 rings (SSSR count). The Labute approximate surface area is 197 Å². The van der Waals surface area contributed by atoms with Gasteiger partial charge in [0, 0.05) is 42.7 Å². The van der Waals surface area contributed by atoms with Crippen LogP contribution in [-0.2, 0) is 0 Å². The highest BCUT2D eigenvalue weighted by atomic mass is 16.5. The summed E-state index contributed by atoms with van der Waals surface area (Å²) in [6, 6.07) is 12.1. The molecule has 4 aromatic heterocycles. The van der Waals surface area contributed by atoms with Gasteiger partial charge in [0.15, 0.2) is 11.6 Å². The SMILES string of the molecule is Cc1cc(Nc2cc(NC3CCC3)nc(N3CCC[C@H]3c3cc(-c4ccccn4)no3)n2)n[nH]1. The van der Waals surface area contributed by atoms with Crippen LogP contribution in [0.5, 0.6) is 0 Å². The molecule has 1 aliphatic carbocycles. The Kier molecular flexibility index (Phi) is 5.32. The van der Waals surface area contributed by atoms with E-state index in [-0.39, 0.29) is 6.04 Å². The fourth-order valence-electron chi connectivity index (χ4n) is 4.46. The predicted molar refractivity (Wildman–Crippen MR) is 129 cm³/mol. The highest BCUT2D eigenvalue weighted by molar-refractivity contribution is 5.60. The molecule has 34 heavy (non-hydrogen) atoms. The maximum atomic E-state index is 5.77. The van der Waals surface area contributed by atoms with E-state index in [1.807, 2.05) is 43.3 Å². The largest absolute Gasteiger partial charge is 0.367 e. The van der Waals surface area contributed by atoms with E-state index in [1.165, 1.54) is 19.3 Å². The molecule has 0 aromatic carbocycles. The minimum absolute atomic E-state index is 0.0180. The summed E-state index contributed by atoms with van der Waals surface area (Å²) in [5.41, 5.74) is 2.52. The van der Waals surface area contributed by atoms with Crippen LogP contribution in [0.15, 0.2) is 47.1 Å². The number of hydrogen-bond donors (Lipinski definition) is 3. The molecule has 0 amide bonds. The fraction of sp³-hybridized carbons (Fsp3) is 0.375. The molecule has 2 fully saturated rings. The molecule has 0 unspecified atom stereocenters. The van der Waals surface area contributed by atoms with E-state index in [4.69, 9.17) is 14.5 Å². The van der Waals surface area contributed by atoms with Gasteiger partial charge < -0.3 is 20.1 Å². The Bertz CT molecular complexity index is 1260. The van der Waals surface area contributed by atoms with Crippen LogP contribution in [0, 0.1) is 6.92 Å². The quantitative estimate of drug-likeness (QED) is 0.365. The first-order valence-corrected chi connectivity index (χ1v) is 11.8. The number of hydrogen-bond acceptors (Lipinski definition) is 9. The summed E-state index contributed by atoms with van der Waals surface area (Å²) in [5, 5.41) is 18.4. The lowest BCUT2D eigenvalue weighted by Crippen LogP contribution is -2.29. The smallest absolute Gasteiger partial charge is 0.229 e. The second-order valence-corrected chi connectivity index (χ2v) is 8.95. The van der Waals surface area contributed by atoms with Gasteiger partial charge in [-0.15, -0.1) is 0 Å². The number of nitrogens with one attached hydrogen (secondary N) is 3. The lowest BCUT2D eigenvalue weighted by atomic mass is 9.93. The van der Waals surface area contributed by atoms with Crippen molar-refractivity contribution >= 4 is 23.4 Å². The maximum absolute atomic E-state index is 5.77. The van der Waals surface area contributed by atoms with Gasteiger partial charge in [-0.3, -0.25) is 10.1 Å². The van der Waals surface area contributed by atoms with Gasteiger partial charge in [-0.25, -0.2) is 0 Å². The van der Waals surface area contributed by atoms with Gasteiger partial charge in [0.05, 0.1) is 11.7 Å². The van der Waals surface area contributed by atoms with E-state index < -0.39 is 0 Å². The van der Waals surface area contributed by atoms with E-state index in [2.05, 4.69) is 35.9 Å². The number of rotatable bonds is 7. The lowest BCUT2D eigenvalue weighted by molar-refractivity contribution is 0.362. The number of anilines is 4. The van der Waals surface area contributed by atoms with Crippen molar-refractivity contribution in [3.63, 3.8) is 0 Å². The van der Waals surface area contributed by atoms with Crippen molar-refractivity contribution in [3.05, 3.63) is 54.0 Å². The normalized spacial score (nSPS) is 18.1. The Morgan fingerprint density at radius 2 is 1.91 bits per heavy atom. The molecule has 174 valence electrons. The summed E-state index contributed by atoms with van der Waals surface area (Å²) in [7, 11) is 0. The van der Waals surface area contributed by atoms with Gasteiger partial charge >= 0.3 is 0 Å². The predicted octanol–water partition coefficient (Wildman–Crippen LogP) is 4.61. The third kappa shape index (κ3) is 4.18. The molecule has 5 heterocycles. The van der Waals surface area contributed by atoms with Gasteiger partial charge in [-0.1, -0.05) is 11.2 Å². The maximum Gasteiger partial charge on any atom is 0.229 e. The summed E-state index contributed by atoms with van der Waals surface area (Å²) < 4.78 is 5.77. The summed E-state index contributed by atoms with van der Waals surface area (Å²) in [5.74, 6) is 3.72. The number of aromatic amines is 1. The van der Waals surface area contributed by atoms with Crippen LogP contribution in [0.3, 0.4) is 0 Å². The van der Waals surface area contributed by atoms with Crippen LogP contribution >= 0.6 is 0 Å². The van der Waals surface area contributed by atoms with E-state index in [0.29, 0.717) is 17.8 Å². The second kappa shape index (κ2) is 8.77. The minimum Gasteiger partial charge on any atom is -0.367 e. The number of pyridine rings is 1. The molecule has 0 spiro atoms. The highest BCUT2D eigenvalue weighted by Gasteiger charge is 2.32. The van der Waals surface area contributed by atoms with Crippen molar-refractivity contribution < 1.29 is 4.52 Å². The third-order valence-corrected chi connectivity index (χ3v) is 6.43. The molecule has 10 nitrogen and oxygen atoms in total. The van der Waals surface area contributed by atoms with Crippen LogP contribution in [0.25, 0.3) is 11.4 Å². The van der Waals surface area contributed by atoms with Gasteiger partial charge in [-0.2, -0.15) is 15.1 Å². The Morgan fingerprint density at radius 3 is 2.68 bits per heavy atom. The van der Waals surface area contributed by atoms with E-state index in [9.17, 15) is 0 Å².